The van der Waals surface area contributed by atoms with Crippen molar-refractivity contribution >= 4 is 0 Å². The Labute approximate surface area is 114 Å². The lowest BCUT2D eigenvalue weighted by Gasteiger charge is -2.25. The minimum atomic E-state index is 0.529. The first-order valence-electron chi connectivity index (χ1n) is 8.19. The minimum Gasteiger partial charge on any atom is -0.378 e. The van der Waals surface area contributed by atoms with E-state index >= 15 is 0 Å². The molecule has 0 saturated carbocycles. The van der Waals surface area contributed by atoms with Gasteiger partial charge in [-0.25, -0.2) is 0 Å². The van der Waals surface area contributed by atoms with Crippen LogP contribution in [-0.4, -0.2) is 25.8 Å². The molecule has 0 aromatic carbocycles. The van der Waals surface area contributed by atoms with Crippen molar-refractivity contribution in [1.82, 2.24) is 5.32 Å². The van der Waals surface area contributed by atoms with Crippen molar-refractivity contribution < 1.29 is 4.74 Å². The summed E-state index contributed by atoms with van der Waals surface area (Å²) in [5.74, 6) is 0.807. The summed E-state index contributed by atoms with van der Waals surface area (Å²) in [5, 5.41) is 3.42. The van der Waals surface area contributed by atoms with Crippen molar-refractivity contribution in [2.75, 3.05) is 19.7 Å². The van der Waals surface area contributed by atoms with E-state index in [-0.39, 0.29) is 0 Å². The average Bonchev–Trinajstić information content (AvgIpc) is 2.42. The van der Waals surface area contributed by atoms with Gasteiger partial charge in [0.1, 0.15) is 0 Å². The van der Waals surface area contributed by atoms with Gasteiger partial charge >= 0.3 is 0 Å². The number of nitrogens with one attached hydrogen (secondary N) is 1. The Kier molecular flexibility index (Phi) is 9.59. The average molecular weight is 255 g/mol. The maximum atomic E-state index is 6.17. The highest BCUT2D eigenvalue weighted by Crippen LogP contribution is 2.17. The van der Waals surface area contributed by atoms with Crippen LogP contribution in [0.2, 0.25) is 0 Å². The van der Waals surface area contributed by atoms with Crippen molar-refractivity contribution in [2.24, 2.45) is 5.92 Å². The largest absolute Gasteiger partial charge is 0.378 e. The second kappa shape index (κ2) is 10.8. The summed E-state index contributed by atoms with van der Waals surface area (Å²) >= 11 is 0. The molecule has 0 radical (unpaired) electrons. The standard InChI is InChI=1S/C16H33NO/c1-3-5-6-7-9-16(8-4-2)18-14-15-10-12-17-13-11-15/h15-17H,3-14H2,1-2H3. The first-order chi connectivity index (χ1) is 8.86. The smallest absolute Gasteiger partial charge is 0.0575 e. The van der Waals surface area contributed by atoms with Crippen molar-refractivity contribution in [2.45, 2.75) is 77.7 Å². The van der Waals surface area contributed by atoms with E-state index in [0.29, 0.717) is 6.10 Å². The molecule has 0 amide bonds. The van der Waals surface area contributed by atoms with E-state index in [1.807, 2.05) is 0 Å². The van der Waals surface area contributed by atoms with Crippen molar-refractivity contribution in [3.05, 3.63) is 0 Å². The molecule has 0 aromatic rings. The molecule has 1 unspecified atom stereocenters. The molecule has 1 heterocycles. The van der Waals surface area contributed by atoms with Crippen molar-refractivity contribution in [3.8, 4) is 0 Å². The van der Waals surface area contributed by atoms with Crippen LogP contribution >= 0.6 is 0 Å². The molecule has 1 atom stereocenters. The van der Waals surface area contributed by atoms with E-state index in [0.717, 1.165) is 12.5 Å². The zero-order valence-electron chi connectivity index (χ0n) is 12.5. The second-order valence-electron chi connectivity index (χ2n) is 5.79. The lowest BCUT2D eigenvalue weighted by molar-refractivity contribution is 0.0113. The Hall–Kier alpha value is -0.0800. The van der Waals surface area contributed by atoms with E-state index in [2.05, 4.69) is 19.2 Å². The second-order valence-corrected chi connectivity index (χ2v) is 5.79. The normalized spacial score (nSPS) is 19.0. The van der Waals surface area contributed by atoms with E-state index in [1.54, 1.807) is 0 Å². The molecule has 1 N–H and O–H groups in total. The van der Waals surface area contributed by atoms with E-state index in [4.69, 9.17) is 4.74 Å². The SMILES string of the molecule is CCCCCCC(CCC)OCC1CCNCC1. The number of hydrogen-bond acceptors (Lipinski definition) is 2. The van der Waals surface area contributed by atoms with Crippen LogP contribution in [-0.2, 0) is 4.74 Å². The van der Waals surface area contributed by atoms with Crippen LogP contribution in [0.1, 0.15) is 71.6 Å². The van der Waals surface area contributed by atoms with Crippen LogP contribution in [0.3, 0.4) is 0 Å². The molecule has 0 bridgehead atoms. The molecule has 1 rings (SSSR count). The molecule has 18 heavy (non-hydrogen) atoms. The van der Waals surface area contributed by atoms with E-state index in [1.165, 1.54) is 70.9 Å². The number of piperidine rings is 1. The fourth-order valence-corrected chi connectivity index (χ4v) is 2.75. The molecule has 1 aliphatic heterocycles. The highest BCUT2D eigenvalue weighted by atomic mass is 16.5. The quantitative estimate of drug-likeness (QED) is 0.592. The monoisotopic (exact) mass is 255 g/mol. The molecule has 2 nitrogen and oxygen atoms in total. The molecule has 0 aromatic heterocycles. The summed E-state index contributed by atoms with van der Waals surface area (Å²) < 4.78 is 6.17. The number of rotatable bonds is 10. The number of hydrogen-bond donors (Lipinski definition) is 1. The van der Waals surface area contributed by atoms with Crippen LogP contribution in [0.25, 0.3) is 0 Å². The Morgan fingerprint density at radius 1 is 1.00 bits per heavy atom. The molecule has 0 aliphatic carbocycles. The molecule has 1 fully saturated rings. The zero-order valence-corrected chi connectivity index (χ0v) is 12.5. The van der Waals surface area contributed by atoms with Gasteiger partial charge in [-0.2, -0.15) is 0 Å². The highest BCUT2D eigenvalue weighted by Gasteiger charge is 2.15. The first-order valence-corrected chi connectivity index (χ1v) is 8.19. The Balaban J connectivity index is 2.11. The summed E-state index contributed by atoms with van der Waals surface area (Å²) in [4.78, 5) is 0. The summed E-state index contributed by atoms with van der Waals surface area (Å²) in [6.07, 6.45) is 12.4. The zero-order chi connectivity index (χ0) is 13.1. The Morgan fingerprint density at radius 3 is 2.44 bits per heavy atom. The van der Waals surface area contributed by atoms with Gasteiger partial charge in [0.2, 0.25) is 0 Å². The molecular formula is C16H33NO. The maximum absolute atomic E-state index is 6.17. The van der Waals surface area contributed by atoms with Crippen LogP contribution in [0, 0.1) is 5.92 Å². The Bertz CT molecular complexity index is 178. The van der Waals surface area contributed by atoms with Crippen LogP contribution in [0.4, 0.5) is 0 Å². The lowest BCUT2D eigenvalue weighted by Crippen LogP contribution is -2.31. The van der Waals surface area contributed by atoms with Gasteiger partial charge in [-0.3, -0.25) is 0 Å². The topological polar surface area (TPSA) is 21.3 Å². The van der Waals surface area contributed by atoms with Crippen LogP contribution < -0.4 is 5.32 Å². The van der Waals surface area contributed by atoms with Crippen LogP contribution in [0.15, 0.2) is 0 Å². The molecule has 0 spiro atoms. The van der Waals surface area contributed by atoms with Crippen LogP contribution in [0.5, 0.6) is 0 Å². The van der Waals surface area contributed by atoms with Gasteiger partial charge in [-0.15, -0.1) is 0 Å². The fourth-order valence-electron chi connectivity index (χ4n) is 2.75. The predicted molar refractivity (Wildman–Crippen MR) is 79.0 cm³/mol. The summed E-state index contributed by atoms with van der Waals surface area (Å²) in [6.45, 7) is 7.91. The third kappa shape index (κ3) is 7.38. The summed E-state index contributed by atoms with van der Waals surface area (Å²) in [5.41, 5.74) is 0. The Morgan fingerprint density at radius 2 is 1.78 bits per heavy atom. The fraction of sp³-hybridized carbons (Fsp3) is 1.00. The van der Waals surface area contributed by atoms with Gasteiger partial charge < -0.3 is 10.1 Å². The van der Waals surface area contributed by atoms with Gasteiger partial charge in [-0.05, 0) is 44.7 Å². The molecule has 1 aliphatic rings. The van der Waals surface area contributed by atoms with Crippen molar-refractivity contribution in [3.63, 3.8) is 0 Å². The highest BCUT2D eigenvalue weighted by molar-refractivity contribution is 4.69. The van der Waals surface area contributed by atoms with Gasteiger partial charge in [0, 0.05) is 6.61 Å². The van der Waals surface area contributed by atoms with Gasteiger partial charge in [0.15, 0.2) is 0 Å². The van der Waals surface area contributed by atoms with Gasteiger partial charge in [0.25, 0.3) is 0 Å². The lowest BCUT2D eigenvalue weighted by atomic mass is 9.99. The first kappa shape index (κ1) is 16.0. The third-order valence-corrected chi connectivity index (χ3v) is 4.02. The summed E-state index contributed by atoms with van der Waals surface area (Å²) in [6, 6.07) is 0. The maximum Gasteiger partial charge on any atom is 0.0575 e. The van der Waals surface area contributed by atoms with Crippen molar-refractivity contribution in [1.29, 1.82) is 0 Å². The number of ether oxygens (including phenoxy) is 1. The molecule has 108 valence electrons. The molecule has 1 saturated heterocycles. The van der Waals surface area contributed by atoms with E-state index < -0.39 is 0 Å². The predicted octanol–water partition coefficient (Wildman–Crippen LogP) is 4.14. The minimum absolute atomic E-state index is 0.529. The number of unbranched alkanes of at least 4 members (excludes halogenated alkanes) is 3. The molecule has 2 heteroatoms. The summed E-state index contributed by atoms with van der Waals surface area (Å²) in [7, 11) is 0. The van der Waals surface area contributed by atoms with E-state index in [9.17, 15) is 0 Å². The third-order valence-electron chi connectivity index (χ3n) is 4.02. The molecular weight excluding hydrogens is 222 g/mol. The van der Waals surface area contributed by atoms with Gasteiger partial charge in [0.05, 0.1) is 6.10 Å². The van der Waals surface area contributed by atoms with Gasteiger partial charge in [-0.1, -0.05) is 46.0 Å².